The molecule has 0 spiro atoms. The summed E-state index contributed by atoms with van der Waals surface area (Å²) in [5.41, 5.74) is -0.0650. The lowest BCUT2D eigenvalue weighted by Crippen LogP contribution is -2.28. The number of halogens is 2. The second kappa shape index (κ2) is 5.93. The molecule has 1 aliphatic rings. The summed E-state index contributed by atoms with van der Waals surface area (Å²) >= 11 is 0. The minimum Gasteiger partial charge on any atom is -0.441 e. The molecule has 0 bridgehead atoms. The zero-order chi connectivity index (χ0) is 17.3. The van der Waals surface area contributed by atoms with Crippen LogP contribution in [0.15, 0.2) is 36.5 Å². The standard InChI is InChI=1S/C18H14F2N2O2/c1-18(2)11-22(17(23)24-18)16-8-4-12(10-21-16)3-5-13-9-14(19)6-7-15(13)20/h4,6-10H,11H2,1-2H3. The van der Waals surface area contributed by atoms with E-state index in [0.717, 1.165) is 18.2 Å². The Bertz CT molecular complexity index is 852. The number of cyclic esters (lactones) is 1. The van der Waals surface area contributed by atoms with Gasteiger partial charge in [-0.15, -0.1) is 0 Å². The molecule has 6 heteroatoms. The van der Waals surface area contributed by atoms with E-state index in [0.29, 0.717) is 17.9 Å². The van der Waals surface area contributed by atoms with Crippen LogP contribution in [-0.2, 0) is 4.74 Å². The average molecular weight is 328 g/mol. The van der Waals surface area contributed by atoms with Gasteiger partial charge in [0.2, 0.25) is 0 Å². The normalized spacial score (nSPS) is 15.7. The number of rotatable bonds is 1. The molecule has 2 aromatic rings. The zero-order valence-electron chi connectivity index (χ0n) is 13.1. The molecule has 0 unspecified atom stereocenters. The van der Waals surface area contributed by atoms with Gasteiger partial charge in [0.05, 0.1) is 12.1 Å². The number of benzene rings is 1. The van der Waals surface area contributed by atoms with Crippen LogP contribution >= 0.6 is 0 Å². The quantitative estimate of drug-likeness (QED) is 0.753. The second-order valence-electron chi connectivity index (χ2n) is 5.99. The molecule has 1 fully saturated rings. The van der Waals surface area contributed by atoms with E-state index in [1.54, 1.807) is 12.1 Å². The van der Waals surface area contributed by atoms with Crippen molar-refractivity contribution in [3.63, 3.8) is 0 Å². The Morgan fingerprint density at radius 1 is 1.21 bits per heavy atom. The van der Waals surface area contributed by atoms with Gasteiger partial charge in [0.1, 0.15) is 23.1 Å². The van der Waals surface area contributed by atoms with Crippen molar-refractivity contribution in [2.45, 2.75) is 19.4 Å². The Morgan fingerprint density at radius 2 is 2.00 bits per heavy atom. The molecule has 0 radical (unpaired) electrons. The van der Waals surface area contributed by atoms with Crippen molar-refractivity contribution in [3.05, 3.63) is 59.3 Å². The minimum absolute atomic E-state index is 0.0241. The molecule has 4 nitrogen and oxygen atoms in total. The summed E-state index contributed by atoms with van der Waals surface area (Å²) in [5.74, 6) is 4.60. The van der Waals surface area contributed by atoms with Crippen LogP contribution in [0.5, 0.6) is 0 Å². The largest absolute Gasteiger partial charge is 0.441 e. The molecule has 0 aliphatic carbocycles. The highest BCUT2D eigenvalue weighted by molar-refractivity contribution is 5.89. The first kappa shape index (κ1) is 15.9. The van der Waals surface area contributed by atoms with Crippen molar-refractivity contribution in [1.29, 1.82) is 0 Å². The lowest BCUT2D eigenvalue weighted by Gasteiger charge is -2.14. The smallest absolute Gasteiger partial charge is 0.416 e. The van der Waals surface area contributed by atoms with Crippen molar-refractivity contribution in [2.24, 2.45) is 0 Å². The first-order chi connectivity index (χ1) is 11.3. The molecule has 122 valence electrons. The number of amides is 1. The number of carbonyl (C=O) groups excluding carboxylic acids is 1. The third kappa shape index (κ3) is 3.35. The summed E-state index contributed by atoms with van der Waals surface area (Å²) in [4.78, 5) is 17.4. The van der Waals surface area contributed by atoms with Gasteiger partial charge in [-0.25, -0.2) is 18.6 Å². The topological polar surface area (TPSA) is 42.4 Å². The number of aromatic nitrogens is 1. The maximum absolute atomic E-state index is 13.5. The Labute approximate surface area is 138 Å². The Hall–Kier alpha value is -2.94. The predicted octanol–water partition coefficient (Wildman–Crippen LogP) is 3.49. The van der Waals surface area contributed by atoms with Crippen molar-refractivity contribution < 1.29 is 18.3 Å². The second-order valence-corrected chi connectivity index (χ2v) is 5.99. The summed E-state index contributed by atoms with van der Waals surface area (Å²) in [5, 5.41) is 0. The van der Waals surface area contributed by atoms with Crippen LogP contribution in [0.25, 0.3) is 0 Å². The van der Waals surface area contributed by atoms with Gasteiger partial charge in [-0.05, 0) is 44.2 Å². The lowest BCUT2D eigenvalue weighted by molar-refractivity contribution is 0.0871. The van der Waals surface area contributed by atoms with Gasteiger partial charge in [-0.3, -0.25) is 4.90 Å². The highest BCUT2D eigenvalue weighted by atomic mass is 19.1. The fourth-order valence-electron chi connectivity index (χ4n) is 2.30. The molecule has 24 heavy (non-hydrogen) atoms. The molecule has 1 amide bonds. The van der Waals surface area contributed by atoms with Gasteiger partial charge in [0, 0.05) is 11.8 Å². The van der Waals surface area contributed by atoms with Crippen LogP contribution in [-0.4, -0.2) is 23.2 Å². The van der Waals surface area contributed by atoms with E-state index in [1.807, 2.05) is 13.8 Å². The van der Waals surface area contributed by atoms with Gasteiger partial charge in [-0.2, -0.15) is 0 Å². The van der Waals surface area contributed by atoms with Crippen LogP contribution in [0.2, 0.25) is 0 Å². The molecule has 0 atom stereocenters. The third-order valence-corrected chi connectivity index (χ3v) is 3.42. The molecule has 3 rings (SSSR count). The molecule has 1 saturated heterocycles. The van der Waals surface area contributed by atoms with Crippen molar-refractivity contribution in [3.8, 4) is 11.8 Å². The molecule has 1 aliphatic heterocycles. The maximum Gasteiger partial charge on any atom is 0.416 e. The molecular formula is C18H14F2N2O2. The Balaban J connectivity index is 1.80. The Kier molecular flexibility index (Phi) is 3.94. The number of ether oxygens (including phenoxy) is 1. The monoisotopic (exact) mass is 328 g/mol. The summed E-state index contributed by atoms with van der Waals surface area (Å²) in [6, 6.07) is 6.39. The summed E-state index contributed by atoms with van der Waals surface area (Å²) in [7, 11) is 0. The third-order valence-electron chi connectivity index (χ3n) is 3.42. The Morgan fingerprint density at radius 3 is 2.62 bits per heavy atom. The van der Waals surface area contributed by atoms with Crippen LogP contribution in [0.1, 0.15) is 25.0 Å². The van der Waals surface area contributed by atoms with Crippen LogP contribution < -0.4 is 4.90 Å². The number of pyridine rings is 1. The molecule has 1 aromatic carbocycles. The van der Waals surface area contributed by atoms with Crippen molar-refractivity contribution in [2.75, 3.05) is 11.4 Å². The minimum atomic E-state index is -0.587. The highest BCUT2D eigenvalue weighted by Crippen LogP contribution is 2.25. The zero-order valence-corrected chi connectivity index (χ0v) is 13.1. The molecule has 2 heterocycles. The van der Waals surface area contributed by atoms with Gasteiger partial charge in [0.15, 0.2) is 0 Å². The maximum atomic E-state index is 13.5. The average Bonchev–Trinajstić information content (AvgIpc) is 2.81. The van der Waals surface area contributed by atoms with Crippen molar-refractivity contribution in [1.82, 2.24) is 4.98 Å². The molecule has 1 aromatic heterocycles. The summed E-state index contributed by atoms with van der Waals surface area (Å²) in [6.45, 7) is 4.04. The van der Waals surface area contributed by atoms with E-state index < -0.39 is 23.3 Å². The molecular weight excluding hydrogens is 314 g/mol. The molecule has 0 saturated carbocycles. The van der Waals surface area contributed by atoms with E-state index >= 15 is 0 Å². The first-order valence-corrected chi connectivity index (χ1v) is 7.28. The van der Waals surface area contributed by atoms with Gasteiger partial charge in [0.25, 0.3) is 0 Å². The van der Waals surface area contributed by atoms with Crippen molar-refractivity contribution >= 4 is 11.9 Å². The number of carbonyl (C=O) groups is 1. The predicted molar refractivity (Wildman–Crippen MR) is 84.5 cm³/mol. The lowest BCUT2D eigenvalue weighted by atomic mass is 10.1. The van der Waals surface area contributed by atoms with Crippen LogP contribution in [0, 0.1) is 23.5 Å². The fraction of sp³-hybridized carbons (Fsp3) is 0.222. The summed E-state index contributed by atoms with van der Waals surface area (Å²) in [6.07, 6.45) is 1.02. The van der Waals surface area contributed by atoms with E-state index in [2.05, 4.69) is 16.8 Å². The highest BCUT2D eigenvalue weighted by Gasteiger charge is 2.38. The SMILES string of the molecule is CC1(C)CN(c2ccc(C#Cc3cc(F)ccc3F)cn2)C(=O)O1. The van der Waals surface area contributed by atoms with Crippen LogP contribution in [0.3, 0.4) is 0 Å². The summed E-state index contributed by atoms with van der Waals surface area (Å²) < 4.78 is 31.8. The number of hydrogen-bond acceptors (Lipinski definition) is 3. The van der Waals surface area contributed by atoms with Gasteiger partial charge >= 0.3 is 6.09 Å². The number of hydrogen-bond donors (Lipinski definition) is 0. The van der Waals surface area contributed by atoms with Crippen LogP contribution in [0.4, 0.5) is 19.4 Å². The van der Waals surface area contributed by atoms with E-state index in [-0.39, 0.29) is 5.56 Å². The van der Waals surface area contributed by atoms with E-state index in [4.69, 9.17) is 4.74 Å². The van der Waals surface area contributed by atoms with E-state index in [1.165, 1.54) is 11.1 Å². The fourth-order valence-corrected chi connectivity index (χ4v) is 2.30. The van der Waals surface area contributed by atoms with E-state index in [9.17, 15) is 13.6 Å². The molecule has 0 N–H and O–H groups in total. The number of nitrogens with zero attached hydrogens (tertiary/aromatic N) is 2. The van der Waals surface area contributed by atoms with Gasteiger partial charge in [-0.1, -0.05) is 11.8 Å². The first-order valence-electron chi connectivity index (χ1n) is 7.28. The number of anilines is 1. The van der Waals surface area contributed by atoms with Gasteiger partial charge < -0.3 is 4.74 Å².